The summed E-state index contributed by atoms with van der Waals surface area (Å²) in [7, 11) is 0. The van der Waals surface area contributed by atoms with Crippen LogP contribution in [0.1, 0.15) is 44.9 Å². The Kier molecular flexibility index (Phi) is 10.3. The molecule has 1 rings (SSSR count). The fraction of sp³-hybridized carbons (Fsp3) is 1.00. The Morgan fingerprint density at radius 2 is 1.13 bits per heavy atom. The normalized spacial score (nSPS) is 24.8. The molecular weight excluding hydrogens is 188 g/mol. The highest BCUT2D eigenvalue weighted by Crippen LogP contribution is 2.13. The van der Waals surface area contributed by atoms with Gasteiger partial charge in [-0.15, -0.1) is 0 Å². The summed E-state index contributed by atoms with van der Waals surface area (Å²) in [5.41, 5.74) is 21.7. The largest absolute Gasteiger partial charge is 0.330 e. The quantitative estimate of drug-likeness (QED) is 0.496. The van der Waals surface area contributed by atoms with Gasteiger partial charge in [0.2, 0.25) is 0 Å². The van der Waals surface area contributed by atoms with Crippen molar-refractivity contribution in [3.8, 4) is 0 Å². The van der Waals surface area contributed by atoms with Crippen LogP contribution in [-0.4, -0.2) is 25.2 Å². The van der Waals surface area contributed by atoms with Crippen molar-refractivity contribution in [3.05, 3.63) is 0 Å². The molecule has 2 atom stereocenters. The highest BCUT2D eigenvalue weighted by molar-refractivity contribution is 4.82. The molecule has 0 heterocycles. The average molecular weight is 216 g/mol. The Bertz CT molecular complexity index is 116. The molecule has 0 aromatic heterocycles. The van der Waals surface area contributed by atoms with Crippen molar-refractivity contribution >= 4 is 0 Å². The van der Waals surface area contributed by atoms with Crippen LogP contribution in [0.4, 0.5) is 0 Å². The zero-order valence-corrected chi connectivity index (χ0v) is 9.83. The molecule has 1 aliphatic carbocycles. The first kappa shape index (κ1) is 14.8. The van der Waals surface area contributed by atoms with Crippen LogP contribution in [0.25, 0.3) is 0 Å². The van der Waals surface area contributed by atoms with Crippen molar-refractivity contribution in [2.75, 3.05) is 13.1 Å². The molecule has 2 unspecified atom stereocenters. The molecule has 0 aromatic carbocycles. The van der Waals surface area contributed by atoms with E-state index in [1.54, 1.807) is 0 Å². The number of rotatable bonds is 5. The molecule has 0 saturated heterocycles. The van der Waals surface area contributed by atoms with E-state index in [-0.39, 0.29) is 0 Å². The maximum Gasteiger partial charge on any atom is 0.0192 e. The molecule has 0 amide bonds. The van der Waals surface area contributed by atoms with Gasteiger partial charge >= 0.3 is 0 Å². The summed E-state index contributed by atoms with van der Waals surface area (Å²) in [6, 6.07) is 0.583. The van der Waals surface area contributed by atoms with Crippen LogP contribution in [-0.2, 0) is 0 Å². The zero-order chi connectivity index (χ0) is 11.5. The van der Waals surface area contributed by atoms with E-state index in [1.165, 1.54) is 19.3 Å². The first-order chi connectivity index (χ1) is 7.22. The zero-order valence-electron chi connectivity index (χ0n) is 9.83. The monoisotopic (exact) mass is 216 g/mol. The first-order valence-corrected chi connectivity index (χ1v) is 6.13. The van der Waals surface area contributed by atoms with Crippen molar-refractivity contribution in [2.45, 2.75) is 57.0 Å². The summed E-state index contributed by atoms with van der Waals surface area (Å²) in [4.78, 5) is 0. The number of hydrogen-bond acceptors (Lipinski definition) is 4. The van der Waals surface area contributed by atoms with Gasteiger partial charge in [0, 0.05) is 12.1 Å². The molecule has 92 valence electrons. The minimum Gasteiger partial charge on any atom is -0.330 e. The van der Waals surface area contributed by atoms with E-state index in [1.807, 2.05) is 0 Å². The number of unbranched alkanes of at least 4 members (excludes halogenated alkanes) is 3. The van der Waals surface area contributed by atoms with E-state index < -0.39 is 0 Å². The van der Waals surface area contributed by atoms with Gasteiger partial charge in [0.15, 0.2) is 0 Å². The summed E-state index contributed by atoms with van der Waals surface area (Å²) in [6.07, 6.45) is 8.27. The summed E-state index contributed by atoms with van der Waals surface area (Å²) in [5, 5.41) is 0. The van der Waals surface area contributed by atoms with Gasteiger partial charge in [-0.1, -0.05) is 19.3 Å². The maximum atomic E-state index is 5.55. The van der Waals surface area contributed by atoms with Gasteiger partial charge in [-0.25, -0.2) is 0 Å². The van der Waals surface area contributed by atoms with E-state index >= 15 is 0 Å². The highest BCUT2D eigenvalue weighted by Gasteiger charge is 2.18. The standard InChI is InChI=1S/C6H16N2.C5H12N2/c7-5-3-1-2-4-6-8;6-4-2-1-3-5(4)7/h1-8H2;4-5H,1-3,6-7H2. The third-order valence-corrected chi connectivity index (χ3v) is 2.78. The molecule has 4 nitrogen and oxygen atoms in total. The smallest absolute Gasteiger partial charge is 0.0192 e. The van der Waals surface area contributed by atoms with Gasteiger partial charge < -0.3 is 22.9 Å². The van der Waals surface area contributed by atoms with Gasteiger partial charge in [-0.2, -0.15) is 0 Å². The molecule has 0 spiro atoms. The lowest BCUT2D eigenvalue weighted by molar-refractivity contribution is 0.603. The molecule has 1 aliphatic rings. The fourth-order valence-corrected chi connectivity index (χ4v) is 1.66. The lowest BCUT2D eigenvalue weighted by Crippen LogP contribution is -2.35. The van der Waals surface area contributed by atoms with Crippen molar-refractivity contribution in [2.24, 2.45) is 22.9 Å². The molecule has 15 heavy (non-hydrogen) atoms. The Morgan fingerprint density at radius 1 is 0.733 bits per heavy atom. The summed E-state index contributed by atoms with van der Waals surface area (Å²) in [6.45, 7) is 1.65. The van der Waals surface area contributed by atoms with E-state index in [9.17, 15) is 0 Å². The molecule has 1 saturated carbocycles. The summed E-state index contributed by atoms with van der Waals surface area (Å²) >= 11 is 0. The second-order valence-corrected chi connectivity index (χ2v) is 4.25. The van der Waals surface area contributed by atoms with Gasteiger partial charge in [0.25, 0.3) is 0 Å². The molecular formula is C11H28N4. The van der Waals surface area contributed by atoms with E-state index in [4.69, 9.17) is 22.9 Å². The van der Waals surface area contributed by atoms with Crippen LogP contribution in [0.15, 0.2) is 0 Å². The van der Waals surface area contributed by atoms with Crippen LogP contribution in [0.5, 0.6) is 0 Å². The Balaban J connectivity index is 0.000000262. The molecule has 1 fully saturated rings. The van der Waals surface area contributed by atoms with Crippen LogP contribution >= 0.6 is 0 Å². The summed E-state index contributed by atoms with van der Waals surface area (Å²) in [5.74, 6) is 0. The van der Waals surface area contributed by atoms with Gasteiger partial charge in [-0.05, 0) is 38.8 Å². The van der Waals surface area contributed by atoms with Crippen LogP contribution in [0.3, 0.4) is 0 Å². The van der Waals surface area contributed by atoms with Crippen molar-refractivity contribution in [1.29, 1.82) is 0 Å². The number of hydrogen-bond donors (Lipinski definition) is 4. The number of nitrogens with two attached hydrogens (primary N) is 4. The van der Waals surface area contributed by atoms with Gasteiger partial charge in [0.05, 0.1) is 0 Å². The highest BCUT2D eigenvalue weighted by atomic mass is 14.8. The molecule has 4 heteroatoms. The van der Waals surface area contributed by atoms with Crippen molar-refractivity contribution in [1.82, 2.24) is 0 Å². The van der Waals surface area contributed by atoms with Crippen LogP contribution < -0.4 is 22.9 Å². The van der Waals surface area contributed by atoms with Crippen LogP contribution in [0, 0.1) is 0 Å². The summed E-state index contributed by atoms with van der Waals surface area (Å²) < 4.78 is 0. The Labute approximate surface area is 93.7 Å². The topological polar surface area (TPSA) is 104 Å². The first-order valence-electron chi connectivity index (χ1n) is 6.13. The second-order valence-electron chi connectivity index (χ2n) is 4.25. The molecule has 0 aromatic rings. The molecule has 8 N–H and O–H groups in total. The third-order valence-electron chi connectivity index (χ3n) is 2.78. The lowest BCUT2D eigenvalue weighted by Gasteiger charge is -2.05. The Morgan fingerprint density at radius 3 is 1.33 bits per heavy atom. The maximum absolute atomic E-state index is 5.55. The predicted molar refractivity (Wildman–Crippen MR) is 66.4 cm³/mol. The fourth-order valence-electron chi connectivity index (χ4n) is 1.66. The van der Waals surface area contributed by atoms with Crippen molar-refractivity contribution < 1.29 is 0 Å². The lowest BCUT2D eigenvalue weighted by atomic mass is 10.2. The SMILES string of the molecule is NC1CCCC1N.NCCCCCCN. The molecule has 0 bridgehead atoms. The predicted octanol–water partition coefficient (Wildman–Crippen LogP) is 0.289. The minimum absolute atomic E-state index is 0.292. The van der Waals surface area contributed by atoms with Crippen molar-refractivity contribution in [3.63, 3.8) is 0 Å². The molecule has 0 radical (unpaired) electrons. The second kappa shape index (κ2) is 10.4. The van der Waals surface area contributed by atoms with Gasteiger partial charge in [-0.3, -0.25) is 0 Å². The van der Waals surface area contributed by atoms with Gasteiger partial charge in [0.1, 0.15) is 0 Å². The van der Waals surface area contributed by atoms with E-state index in [2.05, 4.69) is 0 Å². The van der Waals surface area contributed by atoms with E-state index in [0.29, 0.717) is 12.1 Å². The molecule has 0 aliphatic heterocycles. The average Bonchev–Trinajstić information content (AvgIpc) is 2.60. The van der Waals surface area contributed by atoms with Crippen LogP contribution in [0.2, 0.25) is 0 Å². The van der Waals surface area contributed by atoms with E-state index in [0.717, 1.165) is 38.8 Å². The Hall–Kier alpha value is -0.160. The third kappa shape index (κ3) is 8.81. The minimum atomic E-state index is 0.292.